The minimum Gasteiger partial charge on any atom is -0.370 e. The average Bonchev–Trinajstić information content (AvgIpc) is 3.12. The average molecular weight is 384 g/mol. The SMILES string of the molecule is CCNC(=NCC(C)(C)c1ccccc1C)N1CCOC(c2cnn(C)c2)C1. The van der Waals surface area contributed by atoms with Crippen molar-refractivity contribution >= 4 is 5.96 Å². The number of aryl methyl sites for hydroxylation is 2. The van der Waals surface area contributed by atoms with Crippen molar-refractivity contribution in [1.29, 1.82) is 0 Å². The summed E-state index contributed by atoms with van der Waals surface area (Å²) in [5, 5.41) is 7.75. The Labute approximate surface area is 168 Å². The van der Waals surface area contributed by atoms with Gasteiger partial charge in [-0.15, -0.1) is 0 Å². The fourth-order valence-corrected chi connectivity index (χ4v) is 3.77. The van der Waals surface area contributed by atoms with E-state index in [0.717, 1.165) is 37.7 Å². The zero-order chi connectivity index (χ0) is 20.1. The zero-order valence-corrected chi connectivity index (χ0v) is 17.8. The third-order valence-corrected chi connectivity index (χ3v) is 5.30. The molecule has 1 aliphatic heterocycles. The molecule has 1 unspecified atom stereocenters. The lowest BCUT2D eigenvalue weighted by Gasteiger charge is -2.35. The number of nitrogens with one attached hydrogen (secondary N) is 1. The van der Waals surface area contributed by atoms with E-state index < -0.39 is 0 Å². The van der Waals surface area contributed by atoms with Gasteiger partial charge in [-0.1, -0.05) is 38.1 Å². The molecule has 1 aromatic carbocycles. The maximum atomic E-state index is 5.99. The molecule has 28 heavy (non-hydrogen) atoms. The fraction of sp³-hybridized carbons (Fsp3) is 0.545. The molecule has 6 nitrogen and oxygen atoms in total. The molecule has 3 rings (SSSR count). The van der Waals surface area contributed by atoms with Gasteiger partial charge in [-0.3, -0.25) is 9.67 Å². The number of aliphatic imine (C=N–C) groups is 1. The van der Waals surface area contributed by atoms with E-state index in [0.29, 0.717) is 6.61 Å². The first kappa shape index (κ1) is 20.4. The summed E-state index contributed by atoms with van der Waals surface area (Å²) >= 11 is 0. The Bertz CT molecular complexity index is 811. The van der Waals surface area contributed by atoms with Crippen LogP contribution in [0.15, 0.2) is 41.7 Å². The molecule has 1 atom stereocenters. The van der Waals surface area contributed by atoms with E-state index in [4.69, 9.17) is 9.73 Å². The molecule has 0 saturated carbocycles. The minimum absolute atomic E-state index is 0.0238. The van der Waals surface area contributed by atoms with Gasteiger partial charge in [0.05, 0.1) is 25.9 Å². The fourth-order valence-electron chi connectivity index (χ4n) is 3.77. The molecule has 6 heteroatoms. The predicted octanol–water partition coefficient (Wildman–Crippen LogP) is 3.05. The molecular formula is C22H33N5O. The predicted molar refractivity (Wildman–Crippen MR) is 114 cm³/mol. The highest BCUT2D eigenvalue weighted by molar-refractivity contribution is 5.80. The Morgan fingerprint density at radius 3 is 2.82 bits per heavy atom. The number of guanidine groups is 1. The molecule has 0 amide bonds. The third kappa shape index (κ3) is 4.73. The summed E-state index contributed by atoms with van der Waals surface area (Å²) in [6, 6.07) is 8.59. The lowest BCUT2D eigenvalue weighted by atomic mass is 9.82. The quantitative estimate of drug-likeness (QED) is 0.637. The third-order valence-electron chi connectivity index (χ3n) is 5.30. The summed E-state index contributed by atoms with van der Waals surface area (Å²) in [6.07, 6.45) is 3.94. The van der Waals surface area contributed by atoms with Crippen LogP contribution in [0.5, 0.6) is 0 Å². The molecule has 152 valence electrons. The number of nitrogens with zero attached hydrogens (tertiary/aromatic N) is 4. The van der Waals surface area contributed by atoms with Crippen LogP contribution in [-0.4, -0.2) is 53.4 Å². The van der Waals surface area contributed by atoms with E-state index in [1.165, 1.54) is 11.1 Å². The van der Waals surface area contributed by atoms with E-state index in [1.807, 2.05) is 24.1 Å². The Balaban J connectivity index is 1.75. The van der Waals surface area contributed by atoms with Gasteiger partial charge in [0, 0.05) is 37.3 Å². The van der Waals surface area contributed by atoms with Crippen molar-refractivity contribution in [1.82, 2.24) is 20.0 Å². The second-order valence-corrected chi connectivity index (χ2v) is 8.12. The monoisotopic (exact) mass is 383 g/mol. The number of aromatic nitrogens is 2. The van der Waals surface area contributed by atoms with Crippen LogP contribution in [0.1, 0.15) is 43.6 Å². The second kappa shape index (κ2) is 8.78. The molecular weight excluding hydrogens is 350 g/mol. The molecule has 0 spiro atoms. The van der Waals surface area contributed by atoms with Gasteiger partial charge in [-0.25, -0.2) is 0 Å². The van der Waals surface area contributed by atoms with Crippen molar-refractivity contribution in [2.75, 3.05) is 32.8 Å². The van der Waals surface area contributed by atoms with Crippen LogP contribution in [0.2, 0.25) is 0 Å². The summed E-state index contributed by atoms with van der Waals surface area (Å²) in [6.45, 7) is 12.7. The van der Waals surface area contributed by atoms with Crippen molar-refractivity contribution in [3.63, 3.8) is 0 Å². The van der Waals surface area contributed by atoms with Gasteiger partial charge >= 0.3 is 0 Å². The normalized spacial score (nSPS) is 18.4. The Morgan fingerprint density at radius 2 is 2.14 bits per heavy atom. The van der Waals surface area contributed by atoms with Crippen molar-refractivity contribution < 1.29 is 4.74 Å². The van der Waals surface area contributed by atoms with E-state index in [1.54, 1.807) is 0 Å². The van der Waals surface area contributed by atoms with Gasteiger partial charge in [-0.05, 0) is 25.0 Å². The maximum absolute atomic E-state index is 5.99. The van der Waals surface area contributed by atoms with Crippen LogP contribution in [0.3, 0.4) is 0 Å². The summed E-state index contributed by atoms with van der Waals surface area (Å²) in [7, 11) is 1.93. The summed E-state index contributed by atoms with van der Waals surface area (Å²) in [4.78, 5) is 7.32. The van der Waals surface area contributed by atoms with Crippen LogP contribution in [0.25, 0.3) is 0 Å². The number of rotatable bonds is 5. The molecule has 1 fully saturated rings. The van der Waals surface area contributed by atoms with Crippen LogP contribution < -0.4 is 5.32 Å². The minimum atomic E-state index is -0.0267. The molecule has 2 aromatic rings. The first-order valence-electron chi connectivity index (χ1n) is 10.1. The molecule has 0 aliphatic carbocycles. The summed E-state index contributed by atoms with van der Waals surface area (Å²) in [5.74, 6) is 0.960. The second-order valence-electron chi connectivity index (χ2n) is 8.12. The van der Waals surface area contributed by atoms with Crippen molar-refractivity contribution in [3.8, 4) is 0 Å². The molecule has 0 radical (unpaired) electrons. The molecule has 1 saturated heterocycles. The Hall–Kier alpha value is -2.34. The van der Waals surface area contributed by atoms with Gasteiger partial charge in [0.1, 0.15) is 6.10 Å². The van der Waals surface area contributed by atoms with Crippen molar-refractivity contribution in [3.05, 3.63) is 53.3 Å². The smallest absolute Gasteiger partial charge is 0.194 e. The van der Waals surface area contributed by atoms with E-state index >= 15 is 0 Å². The molecule has 2 heterocycles. The van der Waals surface area contributed by atoms with Gasteiger partial charge in [0.25, 0.3) is 0 Å². The van der Waals surface area contributed by atoms with Crippen LogP contribution in [0, 0.1) is 6.92 Å². The van der Waals surface area contributed by atoms with Gasteiger partial charge in [0.15, 0.2) is 5.96 Å². The summed E-state index contributed by atoms with van der Waals surface area (Å²) in [5.41, 5.74) is 3.75. The number of hydrogen-bond acceptors (Lipinski definition) is 3. The van der Waals surface area contributed by atoms with E-state index in [2.05, 4.69) is 67.3 Å². The number of ether oxygens (including phenoxy) is 1. The molecule has 0 bridgehead atoms. The Kier molecular flexibility index (Phi) is 6.39. The highest BCUT2D eigenvalue weighted by atomic mass is 16.5. The lowest BCUT2D eigenvalue weighted by molar-refractivity contribution is -0.00806. The zero-order valence-electron chi connectivity index (χ0n) is 17.8. The largest absolute Gasteiger partial charge is 0.370 e. The maximum Gasteiger partial charge on any atom is 0.194 e. The van der Waals surface area contributed by atoms with Crippen molar-refractivity contribution in [2.24, 2.45) is 12.0 Å². The highest BCUT2D eigenvalue weighted by Crippen LogP contribution is 2.27. The molecule has 1 aliphatic rings. The first-order chi connectivity index (χ1) is 13.4. The Morgan fingerprint density at radius 1 is 1.36 bits per heavy atom. The first-order valence-corrected chi connectivity index (χ1v) is 10.1. The van der Waals surface area contributed by atoms with Crippen LogP contribution >= 0.6 is 0 Å². The van der Waals surface area contributed by atoms with Crippen LogP contribution in [-0.2, 0) is 17.2 Å². The number of hydrogen-bond donors (Lipinski definition) is 1. The lowest BCUT2D eigenvalue weighted by Crippen LogP contribution is -2.48. The van der Waals surface area contributed by atoms with E-state index in [-0.39, 0.29) is 11.5 Å². The molecule has 1 aromatic heterocycles. The van der Waals surface area contributed by atoms with Crippen molar-refractivity contribution in [2.45, 2.75) is 39.2 Å². The van der Waals surface area contributed by atoms with E-state index in [9.17, 15) is 0 Å². The van der Waals surface area contributed by atoms with Gasteiger partial charge < -0.3 is 15.0 Å². The molecule has 1 N–H and O–H groups in total. The number of morpholine rings is 1. The van der Waals surface area contributed by atoms with Gasteiger partial charge in [-0.2, -0.15) is 5.10 Å². The topological polar surface area (TPSA) is 54.7 Å². The summed E-state index contributed by atoms with van der Waals surface area (Å²) < 4.78 is 7.81. The van der Waals surface area contributed by atoms with Gasteiger partial charge in [0.2, 0.25) is 0 Å². The van der Waals surface area contributed by atoms with Crippen LogP contribution in [0.4, 0.5) is 0 Å². The highest BCUT2D eigenvalue weighted by Gasteiger charge is 2.27. The standard InChI is InChI=1S/C22H33N5O/c1-6-23-21(24-16-22(3,4)19-10-8-7-9-17(19)2)27-11-12-28-20(15-27)18-13-25-26(5)14-18/h7-10,13-14,20H,6,11-12,15-16H2,1-5H3,(H,23,24). The number of benzene rings is 1.